The normalized spacial score (nSPS) is 14.1. The molecule has 0 aliphatic rings. The van der Waals surface area contributed by atoms with Crippen molar-refractivity contribution < 1.29 is 15.0 Å². The number of rotatable bonds is 4. The molecule has 4 nitrogen and oxygen atoms in total. The SMILES string of the molecule is CC(CO)C(C)NC(=O)c1cc(O)ccc1Cl. The van der Waals surface area contributed by atoms with Gasteiger partial charge in [-0.3, -0.25) is 4.79 Å². The van der Waals surface area contributed by atoms with Crippen LogP contribution in [0.1, 0.15) is 24.2 Å². The van der Waals surface area contributed by atoms with Gasteiger partial charge < -0.3 is 15.5 Å². The Balaban J connectivity index is 2.79. The molecule has 0 saturated carbocycles. The number of aliphatic hydroxyl groups is 1. The molecule has 1 amide bonds. The number of amides is 1. The first-order valence-corrected chi connectivity index (χ1v) is 5.73. The molecular formula is C12H16ClNO3. The van der Waals surface area contributed by atoms with Gasteiger partial charge in [0, 0.05) is 12.6 Å². The molecule has 0 aliphatic heterocycles. The van der Waals surface area contributed by atoms with Gasteiger partial charge >= 0.3 is 0 Å². The highest BCUT2D eigenvalue weighted by molar-refractivity contribution is 6.33. The third-order valence-corrected chi connectivity index (χ3v) is 3.02. The molecule has 1 rings (SSSR count). The van der Waals surface area contributed by atoms with Crippen molar-refractivity contribution in [2.75, 3.05) is 6.61 Å². The summed E-state index contributed by atoms with van der Waals surface area (Å²) in [6, 6.07) is 4.02. The molecule has 0 fully saturated rings. The van der Waals surface area contributed by atoms with E-state index in [-0.39, 0.29) is 40.8 Å². The predicted octanol–water partition coefficient (Wildman–Crippen LogP) is 1.79. The quantitative estimate of drug-likeness (QED) is 0.770. The number of carbonyl (C=O) groups is 1. The second-order valence-electron chi connectivity index (χ2n) is 4.09. The molecule has 5 heteroatoms. The number of hydrogen-bond donors (Lipinski definition) is 3. The number of nitrogens with one attached hydrogen (secondary N) is 1. The molecule has 0 radical (unpaired) electrons. The van der Waals surface area contributed by atoms with Gasteiger partial charge in [-0.15, -0.1) is 0 Å². The van der Waals surface area contributed by atoms with Crippen LogP contribution in [0.15, 0.2) is 18.2 Å². The number of phenols is 1. The average molecular weight is 258 g/mol. The van der Waals surface area contributed by atoms with Gasteiger partial charge in [0.15, 0.2) is 0 Å². The predicted molar refractivity (Wildman–Crippen MR) is 66.3 cm³/mol. The summed E-state index contributed by atoms with van der Waals surface area (Å²) in [5.74, 6) is -0.420. The van der Waals surface area contributed by atoms with Gasteiger partial charge in [-0.25, -0.2) is 0 Å². The zero-order chi connectivity index (χ0) is 13.0. The third-order valence-electron chi connectivity index (χ3n) is 2.69. The van der Waals surface area contributed by atoms with E-state index in [0.29, 0.717) is 0 Å². The van der Waals surface area contributed by atoms with Crippen molar-refractivity contribution in [1.29, 1.82) is 0 Å². The standard InChI is InChI=1S/C12H16ClNO3/c1-7(6-15)8(2)14-12(17)10-5-9(16)3-4-11(10)13/h3-5,7-8,15-16H,6H2,1-2H3,(H,14,17). The van der Waals surface area contributed by atoms with E-state index in [1.807, 2.05) is 6.92 Å². The van der Waals surface area contributed by atoms with E-state index in [4.69, 9.17) is 16.7 Å². The highest BCUT2D eigenvalue weighted by atomic mass is 35.5. The van der Waals surface area contributed by atoms with Crippen LogP contribution < -0.4 is 5.32 Å². The summed E-state index contributed by atoms with van der Waals surface area (Å²) in [5.41, 5.74) is 0.226. The lowest BCUT2D eigenvalue weighted by molar-refractivity contribution is 0.0916. The van der Waals surface area contributed by atoms with Gasteiger partial charge in [-0.1, -0.05) is 18.5 Å². The minimum absolute atomic E-state index is 0.00474. The van der Waals surface area contributed by atoms with Crippen LogP contribution in [0.25, 0.3) is 0 Å². The fourth-order valence-corrected chi connectivity index (χ4v) is 1.48. The molecule has 94 valence electrons. The summed E-state index contributed by atoms with van der Waals surface area (Å²) in [5, 5.41) is 21.3. The molecule has 0 spiro atoms. The Hall–Kier alpha value is -1.26. The van der Waals surface area contributed by atoms with E-state index in [1.165, 1.54) is 18.2 Å². The number of phenolic OH excluding ortho intramolecular Hbond substituents is 1. The Morgan fingerprint density at radius 3 is 2.71 bits per heavy atom. The zero-order valence-electron chi connectivity index (χ0n) is 9.77. The van der Waals surface area contributed by atoms with Crippen molar-refractivity contribution in [2.45, 2.75) is 19.9 Å². The number of hydrogen-bond acceptors (Lipinski definition) is 3. The topological polar surface area (TPSA) is 69.6 Å². The fourth-order valence-electron chi connectivity index (χ4n) is 1.27. The van der Waals surface area contributed by atoms with Crippen molar-refractivity contribution in [3.8, 4) is 5.75 Å². The van der Waals surface area contributed by atoms with Crippen molar-refractivity contribution in [3.05, 3.63) is 28.8 Å². The summed E-state index contributed by atoms with van der Waals surface area (Å²) < 4.78 is 0. The van der Waals surface area contributed by atoms with E-state index in [9.17, 15) is 9.90 Å². The lowest BCUT2D eigenvalue weighted by Crippen LogP contribution is -2.38. The maximum atomic E-state index is 11.9. The molecule has 0 aromatic heterocycles. The Kier molecular flexibility index (Phi) is 4.78. The Morgan fingerprint density at radius 1 is 1.47 bits per heavy atom. The minimum atomic E-state index is -0.362. The molecule has 2 atom stereocenters. The Labute approximate surface area is 105 Å². The van der Waals surface area contributed by atoms with Crippen LogP contribution in [0, 0.1) is 5.92 Å². The maximum absolute atomic E-state index is 11.9. The number of carbonyl (C=O) groups excluding carboxylic acids is 1. The second-order valence-corrected chi connectivity index (χ2v) is 4.49. The van der Waals surface area contributed by atoms with Crippen molar-refractivity contribution in [2.24, 2.45) is 5.92 Å². The maximum Gasteiger partial charge on any atom is 0.253 e. The van der Waals surface area contributed by atoms with E-state index in [1.54, 1.807) is 6.92 Å². The van der Waals surface area contributed by atoms with Crippen LogP contribution in [0.3, 0.4) is 0 Å². The summed E-state index contributed by atoms with van der Waals surface area (Å²) in [7, 11) is 0. The smallest absolute Gasteiger partial charge is 0.253 e. The monoisotopic (exact) mass is 257 g/mol. The summed E-state index contributed by atoms with van der Waals surface area (Å²) in [4.78, 5) is 11.9. The highest BCUT2D eigenvalue weighted by Crippen LogP contribution is 2.21. The van der Waals surface area contributed by atoms with Crippen molar-refractivity contribution >= 4 is 17.5 Å². The van der Waals surface area contributed by atoms with Crippen LogP contribution in [0.2, 0.25) is 5.02 Å². The largest absolute Gasteiger partial charge is 0.508 e. The van der Waals surface area contributed by atoms with Gasteiger partial charge in [-0.05, 0) is 31.0 Å². The Morgan fingerprint density at radius 2 is 2.12 bits per heavy atom. The molecule has 0 bridgehead atoms. The first-order chi connectivity index (χ1) is 7.95. The van der Waals surface area contributed by atoms with Crippen LogP contribution in [0.5, 0.6) is 5.75 Å². The van der Waals surface area contributed by atoms with Gasteiger partial charge in [-0.2, -0.15) is 0 Å². The molecule has 1 aromatic carbocycles. The zero-order valence-corrected chi connectivity index (χ0v) is 10.5. The third kappa shape index (κ3) is 3.61. The molecule has 2 unspecified atom stereocenters. The fraction of sp³-hybridized carbons (Fsp3) is 0.417. The lowest BCUT2D eigenvalue weighted by Gasteiger charge is -2.19. The van der Waals surface area contributed by atoms with Crippen molar-refractivity contribution in [1.82, 2.24) is 5.32 Å². The van der Waals surface area contributed by atoms with Crippen molar-refractivity contribution in [3.63, 3.8) is 0 Å². The number of aliphatic hydroxyl groups excluding tert-OH is 1. The molecular weight excluding hydrogens is 242 g/mol. The van der Waals surface area contributed by atoms with Crippen LogP contribution in [0.4, 0.5) is 0 Å². The number of halogens is 1. The second kappa shape index (κ2) is 5.89. The minimum Gasteiger partial charge on any atom is -0.508 e. The molecule has 0 aliphatic carbocycles. The van der Waals surface area contributed by atoms with Gasteiger partial charge in [0.25, 0.3) is 5.91 Å². The first-order valence-electron chi connectivity index (χ1n) is 5.36. The van der Waals surface area contributed by atoms with Crippen LogP contribution in [-0.4, -0.2) is 28.8 Å². The highest BCUT2D eigenvalue weighted by Gasteiger charge is 2.17. The van der Waals surface area contributed by atoms with E-state index < -0.39 is 0 Å². The molecule has 1 aromatic rings. The number of benzene rings is 1. The van der Waals surface area contributed by atoms with Gasteiger partial charge in [0.2, 0.25) is 0 Å². The summed E-state index contributed by atoms with van der Waals surface area (Å²) in [6.45, 7) is 3.62. The molecule has 0 saturated heterocycles. The average Bonchev–Trinajstić information content (AvgIpc) is 2.30. The molecule has 3 N–H and O–H groups in total. The lowest BCUT2D eigenvalue weighted by atomic mass is 10.0. The van der Waals surface area contributed by atoms with Crippen LogP contribution in [-0.2, 0) is 0 Å². The Bertz CT molecular complexity index is 409. The van der Waals surface area contributed by atoms with Gasteiger partial charge in [0.05, 0.1) is 10.6 Å². The first kappa shape index (κ1) is 13.8. The summed E-state index contributed by atoms with van der Waals surface area (Å²) in [6.07, 6.45) is 0. The van der Waals surface area contributed by atoms with Gasteiger partial charge in [0.1, 0.15) is 5.75 Å². The molecule has 0 heterocycles. The van der Waals surface area contributed by atoms with E-state index in [2.05, 4.69) is 5.32 Å². The van der Waals surface area contributed by atoms with E-state index >= 15 is 0 Å². The number of aromatic hydroxyl groups is 1. The molecule has 17 heavy (non-hydrogen) atoms. The van der Waals surface area contributed by atoms with E-state index in [0.717, 1.165) is 0 Å². The summed E-state index contributed by atoms with van der Waals surface area (Å²) >= 11 is 5.87. The van der Waals surface area contributed by atoms with Crippen LogP contribution >= 0.6 is 11.6 Å².